The number of carbonyl (C=O) groups is 1. The molecule has 3 rings (SSSR count). The molecule has 0 aliphatic carbocycles. The van der Waals surface area contributed by atoms with Crippen molar-refractivity contribution in [1.29, 1.82) is 0 Å². The molecule has 2 aromatic heterocycles. The van der Waals surface area contributed by atoms with Crippen molar-refractivity contribution in [1.82, 2.24) is 10.2 Å². The maximum Gasteiger partial charge on any atom is 0.277 e. The van der Waals surface area contributed by atoms with Gasteiger partial charge in [-0.25, -0.2) is 0 Å². The lowest BCUT2D eigenvalue weighted by Crippen LogP contribution is -2.22. The van der Waals surface area contributed by atoms with Crippen LogP contribution in [0.1, 0.15) is 12.7 Å². The lowest BCUT2D eigenvalue weighted by molar-refractivity contribution is -0.115. The molecule has 0 radical (unpaired) electrons. The molecule has 1 aromatic carbocycles. The van der Waals surface area contributed by atoms with Gasteiger partial charge in [0.2, 0.25) is 5.91 Å². The van der Waals surface area contributed by atoms with Crippen molar-refractivity contribution in [3.63, 3.8) is 0 Å². The van der Waals surface area contributed by atoms with Crippen LogP contribution in [0.5, 0.6) is 5.75 Å². The summed E-state index contributed by atoms with van der Waals surface area (Å²) in [7, 11) is 1.58. The Morgan fingerprint density at radius 3 is 2.88 bits per heavy atom. The van der Waals surface area contributed by atoms with E-state index in [1.54, 1.807) is 38.5 Å². The van der Waals surface area contributed by atoms with Crippen LogP contribution in [0.25, 0.3) is 11.5 Å². The van der Waals surface area contributed by atoms with Gasteiger partial charge in [-0.2, -0.15) is 0 Å². The average Bonchev–Trinajstić information content (AvgIpc) is 3.23. The summed E-state index contributed by atoms with van der Waals surface area (Å²) in [6.45, 7) is 3.59. The Morgan fingerprint density at radius 1 is 1.32 bits per heavy atom. The molecule has 0 fully saturated rings. The van der Waals surface area contributed by atoms with Gasteiger partial charge in [0.25, 0.3) is 11.1 Å². The summed E-state index contributed by atoms with van der Waals surface area (Å²) in [5.74, 6) is 1.57. The molecule has 0 bridgehead atoms. The van der Waals surface area contributed by atoms with Crippen LogP contribution in [0, 0.1) is 6.92 Å². The van der Waals surface area contributed by atoms with E-state index in [4.69, 9.17) is 13.6 Å². The molecule has 1 N–H and O–H groups in total. The van der Waals surface area contributed by atoms with Crippen molar-refractivity contribution in [2.75, 3.05) is 12.4 Å². The molecule has 130 valence electrons. The van der Waals surface area contributed by atoms with Crippen LogP contribution >= 0.6 is 11.8 Å². The van der Waals surface area contributed by atoms with Gasteiger partial charge < -0.3 is 18.9 Å². The molecule has 0 aliphatic heterocycles. The number of rotatable bonds is 6. The lowest BCUT2D eigenvalue weighted by atomic mass is 10.3. The van der Waals surface area contributed by atoms with Crippen LogP contribution in [-0.2, 0) is 4.79 Å². The van der Waals surface area contributed by atoms with Gasteiger partial charge in [0.05, 0.1) is 24.2 Å². The van der Waals surface area contributed by atoms with Gasteiger partial charge in [0, 0.05) is 11.8 Å². The molecule has 3 aromatic rings. The molecule has 0 spiro atoms. The first kappa shape index (κ1) is 17.1. The molecule has 0 saturated carbocycles. The number of amides is 1. The summed E-state index contributed by atoms with van der Waals surface area (Å²) in [5.41, 5.74) is 1.41. The fourth-order valence-electron chi connectivity index (χ4n) is 2.12. The van der Waals surface area contributed by atoms with Crippen molar-refractivity contribution in [2.24, 2.45) is 0 Å². The van der Waals surface area contributed by atoms with E-state index in [1.807, 2.05) is 19.1 Å². The van der Waals surface area contributed by atoms with E-state index in [0.29, 0.717) is 28.3 Å². The fraction of sp³-hybridized carbons (Fsp3) is 0.235. The number of methoxy groups -OCH3 is 1. The Morgan fingerprint density at radius 2 is 2.16 bits per heavy atom. The number of carbonyl (C=O) groups excluding carboxylic acids is 1. The number of aryl methyl sites for hydroxylation is 1. The van der Waals surface area contributed by atoms with Gasteiger partial charge in [-0.05, 0) is 32.0 Å². The van der Waals surface area contributed by atoms with Gasteiger partial charge in [-0.1, -0.05) is 17.8 Å². The number of thioether (sulfide) groups is 1. The summed E-state index contributed by atoms with van der Waals surface area (Å²) >= 11 is 1.19. The molecule has 25 heavy (non-hydrogen) atoms. The summed E-state index contributed by atoms with van der Waals surface area (Å²) in [4.78, 5) is 12.3. The van der Waals surface area contributed by atoms with Crippen LogP contribution in [0.2, 0.25) is 0 Å². The fourth-order valence-corrected chi connectivity index (χ4v) is 2.81. The van der Waals surface area contributed by atoms with E-state index in [1.165, 1.54) is 11.8 Å². The van der Waals surface area contributed by atoms with Crippen molar-refractivity contribution < 1.29 is 18.4 Å². The maximum atomic E-state index is 12.3. The smallest absolute Gasteiger partial charge is 0.277 e. The highest BCUT2D eigenvalue weighted by atomic mass is 32.2. The topological polar surface area (TPSA) is 90.4 Å². The van der Waals surface area contributed by atoms with Gasteiger partial charge in [0.1, 0.15) is 11.5 Å². The Hall–Kier alpha value is -2.74. The first-order valence-electron chi connectivity index (χ1n) is 7.56. The highest BCUT2D eigenvalue weighted by Crippen LogP contribution is 2.28. The lowest BCUT2D eigenvalue weighted by Gasteiger charge is -2.10. The van der Waals surface area contributed by atoms with Gasteiger partial charge in [-0.15, -0.1) is 10.2 Å². The van der Waals surface area contributed by atoms with Crippen molar-refractivity contribution in [3.8, 4) is 17.2 Å². The number of anilines is 1. The third kappa shape index (κ3) is 4.03. The third-order valence-corrected chi connectivity index (χ3v) is 4.41. The Balaban J connectivity index is 1.63. The predicted molar refractivity (Wildman–Crippen MR) is 93.7 cm³/mol. The number of nitrogens with one attached hydrogen (secondary N) is 1. The van der Waals surface area contributed by atoms with E-state index in [0.717, 1.165) is 5.56 Å². The van der Waals surface area contributed by atoms with Crippen molar-refractivity contribution >= 4 is 23.4 Å². The van der Waals surface area contributed by atoms with E-state index < -0.39 is 5.25 Å². The molecule has 1 amide bonds. The second kappa shape index (κ2) is 7.43. The molecular formula is C17H17N3O4S. The number of hydrogen-bond acceptors (Lipinski definition) is 7. The van der Waals surface area contributed by atoms with Gasteiger partial charge in [0.15, 0.2) is 0 Å². The number of aromatic nitrogens is 2. The predicted octanol–water partition coefficient (Wildman–Crippen LogP) is 3.77. The zero-order valence-electron chi connectivity index (χ0n) is 14.0. The minimum absolute atomic E-state index is 0.169. The summed E-state index contributed by atoms with van der Waals surface area (Å²) in [6.07, 6.45) is 1.56. The molecule has 1 atom stereocenters. The zero-order valence-corrected chi connectivity index (χ0v) is 14.8. The molecule has 2 heterocycles. The SMILES string of the molecule is COc1cccc(NC(=O)[C@@H](C)Sc2nnc(-c3ccoc3C)o2)c1. The highest BCUT2D eigenvalue weighted by Gasteiger charge is 2.20. The molecular weight excluding hydrogens is 342 g/mol. The first-order chi connectivity index (χ1) is 12.1. The van der Waals surface area contributed by atoms with Crippen molar-refractivity contribution in [2.45, 2.75) is 24.3 Å². The largest absolute Gasteiger partial charge is 0.497 e. The number of hydrogen-bond donors (Lipinski definition) is 1. The highest BCUT2D eigenvalue weighted by molar-refractivity contribution is 8.00. The molecule has 0 unspecified atom stereocenters. The first-order valence-corrected chi connectivity index (χ1v) is 8.44. The molecule has 0 saturated heterocycles. The van der Waals surface area contributed by atoms with Crippen LogP contribution in [0.3, 0.4) is 0 Å². The number of ether oxygens (including phenoxy) is 1. The number of furan rings is 1. The Bertz CT molecular complexity index is 874. The number of nitrogens with zero attached hydrogens (tertiary/aromatic N) is 2. The monoisotopic (exact) mass is 359 g/mol. The van der Waals surface area contributed by atoms with Gasteiger partial charge >= 0.3 is 0 Å². The number of benzene rings is 1. The molecule has 0 aliphatic rings. The summed E-state index contributed by atoms with van der Waals surface area (Å²) in [5, 5.41) is 10.7. The normalized spacial score (nSPS) is 12.0. The third-order valence-electron chi connectivity index (χ3n) is 3.48. The minimum atomic E-state index is -0.412. The average molecular weight is 359 g/mol. The zero-order chi connectivity index (χ0) is 17.8. The van der Waals surface area contributed by atoms with E-state index >= 15 is 0 Å². The quantitative estimate of drug-likeness (QED) is 0.670. The van der Waals surface area contributed by atoms with Crippen LogP contribution in [0.4, 0.5) is 5.69 Å². The van der Waals surface area contributed by atoms with Crippen LogP contribution in [-0.4, -0.2) is 28.5 Å². The van der Waals surface area contributed by atoms with E-state index in [-0.39, 0.29) is 5.91 Å². The Labute approximate surface area is 148 Å². The van der Waals surface area contributed by atoms with Crippen LogP contribution < -0.4 is 10.1 Å². The van der Waals surface area contributed by atoms with E-state index in [2.05, 4.69) is 15.5 Å². The second-order valence-electron chi connectivity index (χ2n) is 5.24. The second-order valence-corrected chi connectivity index (χ2v) is 6.54. The van der Waals surface area contributed by atoms with Gasteiger partial charge in [-0.3, -0.25) is 4.79 Å². The summed E-state index contributed by atoms with van der Waals surface area (Å²) in [6, 6.07) is 8.93. The molecule has 8 heteroatoms. The van der Waals surface area contributed by atoms with Crippen molar-refractivity contribution in [3.05, 3.63) is 42.4 Å². The molecule has 7 nitrogen and oxygen atoms in total. The van der Waals surface area contributed by atoms with E-state index in [9.17, 15) is 4.79 Å². The Kier molecular flexibility index (Phi) is 5.08. The van der Waals surface area contributed by atoms with Crippen LogP contribution in [0.15, 0.2) is 50.7 Å². The minimum Gasteiger partial charge on any atom is -0.497 e. The standard InChI is InChI=1S/C17H17N3O4S/c1-10-14(7-8-23-10)16-19-20-17(24-16)25-11(2)15(21)18-12-5-4-6-13(9-12)22-3/h4-9,11H,1-3H3,(H,18,21)/t11-/m1/s1. The maximum absolute atomic E-state index is 12.3. The summed E-state index contributed by atoms with van der Waals surface area (Å²) < 4.78 is 16.0.